The maximum Gasteiger partial charge on any atom is 0.410 e. The van der Waals surface area contributed by atoms with E-state index >= 15 is 0 Å². The second-order valence-electron chi connectivity index (χ2n) is 9.96. The van der Waals surface area contributed by atoms with Crippen LogP contribution in [0.2, 0.25) is 0 Å². The predicted molar refractivity (Wildman–Crippen MR) is 137 cm³/mol. The van der Waals surface area contributed by atoms with E-state index in [9.17, 15) is 14.4 Å². The molecule has 0 spiro atoms. The number of nitrogens with zero attached hydrogens (tertiary/aromatic N) is 2. The molecule has 1 saturated heterocycles. The third-order valence-electron chi connectivity index (χ3n) is 5.80. The van der Waals surface area contributed by atoms with Crippen molar-refractivity contribution in [1.29, 1.82) is 0 Å². The zero-order chi connectivity index (χ0) is 26.1. The SMILES string of the molecule is CCCc1ccc(CNC(=O)[C@H]2CN(C(=O)OC(C)(C)C)CCN2C(=O)OCc2ccccc2)cc1. The smallest absolute Gasteiger partial charge is 0.410 e. The summed E-state index contributed by atoms with van der Waals surface area (Å²) in [6, 6.07) is 16.6. The maximum atomic E-state index is 13.2. The number of carbonyl (C=O) groups excluding carboxylic acids is 3. The van der Waals surface area contributed by atoms with Gasteiger partial charge in [-0.1, -0.05) is 67.9 Å². The van der Waals surface area contributed by atoms with Gasteiger partial charge in [0.2, 0.25) is 5.91 Å². The van der Waals surface area contributed by atoms with Crippen LogP contribution in [-0.4, -0.2) is 59.2 Å². The summed E-state index contributed by atoms with van der Waals surface area (Å²) < 4.78 is 11.0. The van der Waals surface area contributed by atoms with Crippen molar-refractivity contribution in [3.05, 3.63) is 71.3 Å². The van der Waals surface area contributed by atoms with Gasteiger partial charge in [0.15, 0.2) is 0 Å². The van der Waals surface area contributed by atoms with Gasteiger partial charge in [-0.15, -0.1) is 0 Å². The van der Waals surface area contributed by atoms with Crippen LogP contribution in [0.1, 0.15) is 50.8 Å². The Kier molecular flexibility index (Phi) is 9.33. The first-order valence-corrected chi connectivity index (χ1v) is 12.5. The Bertz CT molecular complexity index is 1020. The van der Waals surface area contributed by atoms with E-state index in [-0.39, 0.29) is 32.1 Å². The summed E-state index contributed by atoms with van der Waals surface area (Å²) in [4.78, 5) is 41.7. The van der Waals surface area contributed by atoms with E-state index < -0.39 is 23.8 Å². The molecule has 2 aromatic rings. The summed E-state index contributed by atoms with van der Waals surface area (Å²) >= 11 is 0. The van der Waals surface area contributed by atoms with Crippen molar-refractivity contribution in [2.75, 3.05) is 19.6 Å². The van der Waals surface area contributed by atoms with Crippen molar-refractivity contribution >= 4 is 18.1 Å². The molecule has 0 saturated carbocycles. The summed E-state index contributed by atoms with van der Waals surface area (Å²) in [7, 11) is 0. The second kappa shape index (κ2) is 12.4. The fourth-order valence-electron chi connectivity index (χ4n) is 3.94. The topological polar surface area (TPSA) is 88.2 Å². The van der Waals surface area contributed by atoms with Crippen LogP contribution in [0.25, 0.3) is 0 Å². The molecule has 0 unspecified atom stereocenters. The number of ether oxygens (including phenoxy) is 2. The molecule has 1 atom stereocenters. The number of aryl methyl sites for hydroxylation is 1. The lowest BCUT2D eigenvalue weighted by Gasteiger charge is -2.40. The highest BCUT2D eigenvalue weighted by Crippen LogP contribution is 2.17. The minimum atomic E-state index is -0.895. The van der Waals surface area contributed by atoms with Crippen molar-refractivity contribution in [2.45, 2.75) is 65.3 Å². The van der Waals surface area contributed by atoms with Gasteiger partial charge in [0.25, 0.3) is 0 Å². The fourth-order valence-corrected chi connectivity index (χ4v) is 3.94. The Labute approximate surface area is 213 Å². The van der Waals surface area contributed by atoms with E-state index in [0.717, 1.165) is 24.0 Å². The van der Waals surface area contributed by atoms with Crippen molar-refractivity contribution in [3.8, 4) is 0 Å². The van der Waals surface area contributed by atoms with Gasteiger partial charge in [-0.3, -0.25) is 9.69 Å². The van der Waals surface area contributed by atoms with Gasteiger partial charge in [-0.25, -0.2) is 9.59 Å². The van der Waals surface area contributed by atoms with Crippen molar-refractivity contribution in [1.82, 2.24) is 15.1 Å². The van der Waals surface area contributed by atoms with Gasteiger partial charge in [-0.05, 0) is 43.9 Å². The van der Waals surface area contributed by atoms with Crippen LogP contribution in [0.4, 0.5) is 9.59 Å². The van der Waals surface area contributed by atoms with Crippen LogP contribution >= 0.6 is 0 Å². The van der Waals surface area contributed by atoms with Crippen molar-refractivity contribution in [2.24, 2.45) is 0 Å². The number of rotatable bonds is 7. The normalized spacial score (nSPS) is 15.8. The third kappa shape index (κ3) is 8.00. The highest BCUT2D eigenvalue weighted by molar-refractivity contribution is 5.87. The number of carbonyl (C=O) groups is 3. The number of benzene rings is 2. The minimum absolute atomic E-state index is 0.0244. The van der Waals surface area contributed by atoms with Crippen LogP contribution in [0.15, 0.2) is 54.6 Å². The van der Waals surface area contributed by atoms with E-state index in [1.165, 1.54) is 15.4 Å². The van der Waals surface area contributed by atoms with E-state index in [4.69, 9.17) is 9.47 Å². The lowest BCUT2D eigenvalue weighted by Crippen LogP contribution is -2.61. The van der Waals surface area contributed by atoms with Crippen LogP contribution in [0, 0.1) is 0 Å². The highest BCUT2D eigenvalue weighted by Gasteiger charge is 2.39. The van der Waals surface area contributed by atoms with Gasteiger partial charge in [0.05, 0.1) is 6.54 Å². The number of hydrogen-bond acceptors (Lipinski definition) is 5. The average molecular weight is 496 g/mol. The monoisotopic (exact) mass is 495 g/mol. The Morgan fingerprint density at radius 1 is 0.917 bits per heavy atom. The first kappa shape index (κ1) is 27.0. The molecule has 0 bridgehead atoms. The summed E-state index contributed by atoms with van der Waals surface area (Å²) in [5.41, 5.74) is 2.40. The predicted octanol–water partition coefficient (Wildman–Crippen LogP) is 4.51. The summed E-state index contributed by atoms with van der Waals surface area (Å²) in [6.45, 7) is 8.36. The summed E-state index contributed by atoms with van der Waals surface area (Å²) in [5.74, 6) is -0.349. The van der Waals surface area contributed by atoms with E-state index in [1.807, 2.05) is 42.5 Å². The number of hydrogen-bond donors (Lipinski definition) is 1. The molecule has 1 N–H and O–H groups in total. The van der Waals surface area contributed by atoms with Gasteiger partial charge < -0.3 is 19.7 Å². The molecule has 8 heteroatoms. The Balaban J connectivity index is 1.68. The first-order valence-electron chi connectivity index (χ1n) is 12.5. The van der Waals surface area contributed by atoms with Crippen LogP contribution < -0.4 is 5.32 Å². The van der Waals surface area contributed by atoms with Gasteiger partial charge >= 0.3 is 12.2 Å². The molecule has 1 aliphatic heterocycles. The van der Waals surface area contributed by atoms with Gasteiger partial charge in [0.1, 0.15) is 18.2 Å². The Morgan fingerprint density at radius 3 is 2.22 bits per heavy atom. The Morgan fingerprint density at radius 2 is 1.58 bits per heavy atom. The molecule has 3 amide bonds. The second-order valence-corrected chi connectivity index (χ2v) is 9.96. The largest absolute Gasteiger partial charge is 0.445 e. The quantitative estimate of drug-likeness (QED) is 0.611. The maximum absolute atomic E-state index is 13.2. The fraction of sp³-hybridized carbons (Fsp3) is 0.464. The molecule has 1 fully saturated rings. The molecule has 36 heavy (non-hydrogen) atoms. The minimum Gasteiger partial charge on any atom is -0.445 e. The molecule has 8 nitrogen and oxygen atoms in total. The van der Waals surface area contributed by atoms with E-state index in [0.29, 0.717) is 6.54 Å². The third-order valence-corrected chi connectivity index (χ3v) is 5.80. The molecule has 0 aliphatic carbocycles. The zero-order valence-corrected chi connectivity index (χ0v) is 21.7. The summed E-state index contributed by atoms with van der Waals surface area (Å²) in [5, 5.41) is 2.92. The van der Waals surface area contributed by atoms with Crippen LogP contribution in [0.5, 0.6) is 0 Å². The number of amides is 3. The molecule has 2 aromatic carbocycles. The van der Waals surface area contributed by atoms with Crippen LogP contribution in [0.3, 0.4) is 0 Å². The lowest BCUT2D eigenvalue weighted by atomic mass is 10.1. The molecule has 0 aromatic heterocycles. The molecule has 1 aliphatic rings. The molecular weight excluding hydrogens is 458 g/mol. The molecular formula is C28H37N3O5. The highest BCUT2D eigenvalue weighted by atomic mass is 16.6. The van der Waals surface area contributed by atoms with Gasteiger partial charge in [-0.2, -0.15) is 0 Å². The van der Waals surface area contributed by atoms with Crippen molar-refractivity contribution < 1.29 is 23.9 Å². The average Bonchev–Trinajstić information content (AvgIpc) is 2.86. The van der Waals surface area contributed by atoms with Crippen LogP contribution in [-0.2, 0) is 33.8 Å². The summed E-state index contributed by atoms with van der Waals surface area (Å²) in [6.07, 6.45) is 0.980. The molecule has 0 radical (unpaired) electrons. The Hall–Kier alpha value is -3.55. The van der Waals surface area contributed by atoms with E-state index in [1.54, 1.807) is 20.8 Å². The zero-order valence-electron chi connectivity index (χ0n) is 21.7. The van der Waals surface area contributed by atoms with Gasteiger partial charge in [0, 0.05) is 19.6 Å². The molecule has 194 valence electrons. The molecule has 3 rings (SSSR count). The number of nitrogens with one attached hydrogen (secondary N) is 1. The lowest BCUT2D eigenvalue weighted by molar-refractivity contribution is -0.128. The molecule has 1 heterocycles. The van der Waals surface area contributed by atoms with Crippen molar-refractivity contribution in [3.63, 3.8) is 0 Å². The standard InChI is InChI=1S/C28H37N3O5/c1-5-9-21-12-14-22(15-13-21)18-29-25(32)24-19-30(26(33)36-28(2,3)4)16-17-31(24)27(34)35-20-23-10-7-6-8-11-23/h6-8,10-15,24H,5,9,16-20H2,1-4H3,(H,29,32)/t24-/m1/s1. The first-order chi connectivity index (χ1) is 17.2. The number of piperazine rings is 1. The van der Waals surface area contributed by atoms with E-state index in [2.05, 4.69) is 24.4 Å².